The summed E-state index contributed by atoms with van der Waals surface area (Å²) in [6, 6.07) is 17.9. The third-order valence-electron chi connectivity index (χ3n) is 6.41. The van der Waals surface area contributed by atoms with Crippen molar-refractivity contribution in [2.24, 2.45) is 0 Å². The molecule has 0 aliphatic carbocycles. The number of aromatic nitrogens is 1. The number of fused-ring (bicyclic) bond motifs is 1. The van der Waals surface area contributed by atoms with Crippen LogP contribution in [0.1, 0.15) is 46.4 Å². The number of nitrogens with zero attached hydrogens (tertiary/aromatic N) is 2. The summed E-state index contributed by atoms with van der Waals surface area (Å²) in [6.45, 7) is 4.45. The number of hydrogen-bond donors (Lipinski definition) is 1. The summed E-state index contributed by atoms with van der Waals surface area (Å²) in [7, 11) is 1.29. The Bertz CT molecular complexity index is 1620. The summed E-state index contributed by atoms with van der Waals surface area (Å²) < 4.78 is 11.4. The van der Waals surface area contributed by atoms with E-state index in [1.54, 1.807) is 48.5 Å². The molecule has 198 valence electrons. The van der Waals surface area contributed by atoms with Crippen LogP contribution in [-0.2, 0) is 14.3 Å². The Kier molecular flexibility index (Phi) is 7.17. The molecule has 2 heterocycles. The lowest BCUT2D eigenvalue weighted by atomic mass is 9.94. The molecule has 39 heavy (non-hydrogen) atoms. The fourth-order valence-electron chi connectivity index (χ4n) is 4.50. The van der Waals surface area contributed by atoms with E-state index in [1.165, 1.54) is 23.3 Å². The summed E-state index contributed by atoms with van der Waals surface area (Å²) in [5, 5.41) is 11.8. The van der Waals surface area contributed by atoms with E-state index in [1.807, 2.05) is 32.0 Å². The van der Waals surface area contributed by atoms with Crippen molar-refractivity contribution in [3.63, 3.8) is 0 Å². The van der Waals surface area contributed by atoms with Crippen LogP contribution in [0.5, 0.6) is 5.75 Å². The molecule has 1 aliphatic rings. The number of aryl methyl sites for hydroxylation is 1. The van der Waals surface area contributed by atoms with Gasteiger partial charge in [-0.2, -0.15) is 0 Å². The molecule has 1 aromatic heterocycles. The number of aliphatic hydroxyl groups is 1. The highest BCUT2D eigenvalue weighted by Crippen LogP contribution is 2.44. The number of aliphatic hydroxyl groups excluding tert-OH is 1. The van der Waals surface area contributed by atoms with E-state index in [9.17, 15) is 19.5 Å². The first-order chi connectivity index (χ1) is 18.8. The van der Waals surface area contributed by atoms with Crippen LogP contribution in [0.4, 0.5) is 5.13 Å². The number of amides is 1. The number of rotatable bonds is 7. The van der Waals surface area contributed by atoms with Crippen molar-refractivity contribution >= 4 is 50.1 Å². The first-order valence-corrected chi connectivity index (χ1v) is 13.2. The Labute approximate surface area is 229 Å². The largest absolute Gasteiger partial charge is 0.507 e. The lowest BCUT2D eigenvalue weighted by Crippen LogP contribution is -2.29. The third kappa shape index (κ3) is 4.88. The molecule has 9 heteroatoms. The van der Waals surface area contributed by atoms with Crippen molar-refractivity contribution in [1.29, 1.82) is 0 Å². The average molecular weight is 543 g/mol. The van der Waals surface area contributed by atoms with E-state index in [0.29, 0.717) is 39.7 Å². The number of carbonyl (C=O) groups excluding carboxylic acids is 3. The summed E-state index contributed by atoms with van der Waals surface area (Å²) in [4.78, 5) is 45.0. The van der Waals surface area contributed by atoms with Crippen LogP contribution in [-0.4, -0.2) is 41.5 Å². The number of Topliss-reactive ketones (excluding diaryl/α,β-unsaturated/α-hetero) is 1. The lowest BCUT2D eigenvalue weighted by molar-refractivity contribution is -0.132. The number of ether oxygens (including phenoxy) is 2. The highest BCUT2D eigenvalue weighted by Gasteiger charge is 2.48. The van der Waals surface area contributed by atoms with Crippen LogP contribution >= 0.6 is 11.3 Å². The first-order valence-electron chi connectivity index (χ1n) is 12.4. The van der Waals surface area contributed by atoms with Gasteiger partial charge in [0.15, 0.2) is 5.13 Å². The van der Waals surface area contributed by atoms with Crippen molar-refractivity contribution in [2.75, 3.05) is 18.6 Å². The monoisotopic (exact) mass is 542 g/mol. The highest BCUT2D eigenvalue weighted by atomic mass is 32.1. The van der Waals surface area contributed by atoms with Gasteiger partial charge in [-0.25, -0.2) is 9.78 Å². The van der Waals surface area contributed by atoms with E-state index in [0.717, 1.165) is 16.7 Å². The molecule has 1 N–H and O–H groups in total. The maximum absolute atomic E-state index is 13.5. The van der Waals surface area contributed by atoms with Gasteiger partial charge >= 0.3 is 11.9 Å². The van der Waals surface area contributed by atoms with Gasteiger partial charge in [-0.1, -0.05) is 48.6 Å². The quantitative estimate of drug-likeness (QED) is 0.136. The summed E-state index contributed by atoms with van der Waals surface area (Å²) in [5.74, 6) is -1.92. The maximum Gasteiger partial charge on any atom is 0.337 e. The molecular formula is C30H26N2O6S. The molecule has 1 saturated heterocycles. The SMILES string of the molecule is CCCOc1cccc(C(O)=C2C(=O)C(=O)N(c3nc4ccc(C)cc4s3)C2c2ccc(C(=O)OC)cc2)c1. The van der Waals surface area contributed by atoms with Crippen molar-refractivity contribution < 1.29 is 29.0 Å². The fourth-order valence-corrected chi connectivity index (χ4v) is 5.59. The van der Waals surface area contributed by atoms with Crippen LogP contribution in [0.2, 0.25) is 0 Å². The minimum atomic E-state index is -0.974. The number of thiazole rings is 1. The maximum atomic E-state index is 13.5. The second-order valence-corrected chi connectivity index (χ2v) is 10.1. The van der Waals surface area contributed by atoms with E-state index in [-0.39, 0.29) is 11.3 Å². The standard InChI is InChI=1S/C30H26N2O6S/c1-4-14-38-21-7-5-6-20(16-21)26(33)24-25(18-9-11-19(12-10-18)29(36)37-3)32(28(35)27(24)34)30-31-22-13-8-17(2)15-23(22)39-30/h5-13,15-16,25,33H,4,14H2,1-3H3. The van der Waals surface area contributed by atoms with Crippen molar-refractivity contribution in [3.8, 4) is 5.75 Å². The van der Waals surface area contributed by atoms with E-state index >= 15 is 0 Å². The Morgan fingerprint density at radius 1 is 1.05 bits per heavy atom. The second-order valence-electron chi connectivity index (χ2n) is 9.13. The number of benzene rings is 3. The van der Waals surface area contributed by atoms with E-state index in [2.05, 4.69) is 4.98 Å². The van der Waals surface area contributed by atoms with Gasteiger partial charge in [0.1, 0.15) is 11.5 Å². The van der Waals surface area contributed by atoms with Crippen LogP contribution in [0.3, 0.4) is 0 Å². The number of methoxy groups -OCH3 is 1. The molecule has 5 rings (SSSR count). The topological polar surface area (TPSA) is 106 Å². The minimum Gasteiger partial charge on any atom is -0.507 e. The predicted octanol–water partition coefficient (Wildman–Crippen LogP) is 5.81. The summed E-state index contributed by atoms with van der Waals surface area (Å²) in [6.07, 6.45) is 0.810. The second kappa shape index (κ2) is 10.7. The molecule has 1 aliphatic heterocycles. The summed E-state index contributed by atoms with van der Waals surface area (Å²) >= 11 is 1.29. The van der Waals surface area contributed by atoms with Crippen molar-refractivity contribution in [3.05, 3.63) is 94.6 Å². The van der Waals surface area contributed by atoms with E-state index in [4.69, 9.17) is 9.47 Å². The van der Waals surface area contributed by atoms with Gasteiger partial charge in [0, 0.05) is 5.56 Å². The van der Waals surface area contributed by atoms with Crippen molar-refractivity contribution in [2.45, 2.75) is 26.3 Å². The van der Waals surface area contributed by atoms with Gasteiger partial charge in [-0.3, -0.25) is 14.5 Å². The molecule has 1 atom stereocenters. The van der Waals surface area contributed by atoms with E-state index < -0.39 is 23.7 Å². The smallest absolute Gasteiger partial charge is 0.337 e. The Morgan fingerprint density at radius 2 is 1.82 bits per heavy atom. The Balaban J connectivity index is 1.67. The number of hydrogen-bond acceptors (Lipinski definition) is 8. The Hall–Kier alpha value is -4.50. The van der Waals surface area contributed by atoms with Gasteiger partial charge in [-0.05, 0) is 60.9 Å². The molecule has 0 radical (unpaired) electrons. The fraction of sp³-hybridized carbons (Fsp3) is 0.200. The van der Waals surface area contributed by atoms with Crippen LogP contribution in [0.25, 0.3) is 16.0 Å². The van der Waals surface area contributed by atoms with Crippen LogP contribution in [0, 0.1) is 6.92 Å². The molecule has 1 unspecified atom stereocenters. The summed E-state index contributed by atoms with van der Waals surface area (Å²) in [5.41, 5.74) is 2.85. The van der Waals surface area contributed by atoms with Gasteiger partial charge < -0.3 is 14.6 Å². The zero-order valence-corrected chi connectivity index (χ0v) is 22.5. The molecule has 0 saturated carbocycles. The van der Waals surface area contributed by atoms with Gasteiger partial charge in [0.05, 0.1) is 41.1 Å². The third-order valence-corrected chi connectivity index (χ3v) is 7.43. The molecular weight excluding hydrogens is 516 g/mol. The molecule has 4 aromatic rings. The number of esters is 1. The van der Waals surface area contributed by atoms with Crippen LogP contribution in [0.15, 0.2) is 72.3 Å². The number of anilines is 1. The molecule has 1 amide bonds. The number of ketones is 1. The van der Waals surface area contributed by atoms with Crippen molar-refractivity contribution in [1.82, 2.24) is 4.98 Å². The minimum absolute atomic E-state index is 0.0751. The predicted molar refractivity (Wildman–Crippen MR) is 149 cm³/mol. The molecule has 8 nitrogen and oxygen atoms in total. The van der Waals surface area contributed by atoms with Gasteiger partial charge in [0.25, 0.3) is 5.78 Å². The molecule has 0 spiro atoms. The van der Waals surface area contributed by atoms with Gasteiger partial charge in [-0.15, -0.1) is 0 Å². The molecule has 1 fully saturated rings. The highest BCUT2D eigenvalue weighted by molar-refractivity contribution is 7.22. The lowest BCUT2D eigenvalue weighted by Gasteiger charge is -2.23. The average Bonchev–Trinajstić information content (AvgIpc) is 3.48. The molecule has 0 bridgehead atoms. The first kappa shape index (κ1) is 26.1. The molecule has 3 aromatic carbocycles. The zero-order valence-electron chi connectivity index (χ0n) is 21.6. The van der Waals surface area contributed by atoms with Crippen LogP contribution < -0.4 is 9.64 Å². The zero-order chi connectivity index (χ0) is 27.7. The Morgan fingerprint density at radius 3 is 2.54 bits per heavy atom. The number of carbonyl (C=O) groups is 3. The van der Waals surface area contributed by atoms with Gasteiger partial charge in [0.2, 0.25) is 0 Å². The normalized spacial score (nSPS) is 16.6.